The number of carbonyl (C=O) groups is 1. The topological polar surface area (TPSA) is 52.9 Å². The summed E-state index contributed by atoms with van der Waals surface area (Å²) >= 11 is 0. The molecule has 1 aliphatic heterocycles. The molecule has 1 aromatic rings. The van der Waals surface area contributed by atoms with Crippen LogP contribution in [0.25, 0.3) is 0 Å². The zero-order valence-corrected chi connectivity index (χ0v) is 9.89. The lowest BCUT2D eigenvalue weighted by atomic mass is 10.1. The number of oxime groups is 1. The summed E-state index contributed by atoms with van der Waals surface area (Å²) in [5.74, 6) is 0.108. The van der Waals surface area contributed by atoms with Crippen LogP contribution in [-0.4, -0.2) is 23.4 Å². The van der Waals surface area contributed by atoms with E-state index >= 15 is 0 Å². The van der Waals surface area contributed by atoms with Gasteiger partial charge in [-0.15, -0.1) is 0 Å². The van der Waals surface area contributed by atoms with E-state index in [1.807, 2.05) is 31.2 Å². The van der Waals surface area contributed by atoms with Gasteiger partial charge in [0, 0.05) is 18.5 Å². The minimum Gasteiger partial charge on any atom is -0.411 e. The van der Waals surface area contributed by atoms with E-state index in [2.05, 4.69) is 5.16 Å². The second-order valence-corrected chi connectivity index (χ2v) is 4.07. The van der Waals surface area contributed by atoms with Gasteiger partial charge in [0.15, 0.2) is 0 Å². The molecule has 4 heteroatoms. The van der Waals surface area contributed by atoms with Crippen molar-refractivity contribution in [3.05, 3.63) is 29.8 Å². The molecular formula is C13H16N2O2. The molecule has 1 heterocycles. The molecule has 0 saturated carbocycles. The molecule has 1 aliphatic rings. The van der Waals surface area contributed by atoms with Crippen LogP contribution in [0.15, 0.2) is 29.4 Å². The monoisotopic (exact) mass is 232 g/mol. The summed E-state index contributed by atoms with van der Waals surface area (Å²) in [6.07, 6.45) is 2.00. The molecule has 0 aliphatic carbocycles. The van der Waals surface area contributed by atoms with Crippen molar-refractivity contribution in [2.45, 2.75) is 26.2 Å². The van der Waals surface area contributed by atoms with Gasteiger partial charge in [0.2, 0.25) is 5.91 Å². The van der Waals surface area contributed by atoms with Gasteiger partial charge in [0.1, 0.15) is 0 Å². The fourth-order valence-corrected chi connectivity index (χ4v) is 2.17. The van der Waals surface area contributed by atoms with E-state index in [4.69, 9.17) is 5.21 Å². The first-order valence-corrected chi connectivity index (χ1v) is 5.88. The first-order valence-electron chi connectivity index (χ1n) is 5.88. The number of hydrogen-bond acceptors (Lipinski definition) is 3. The molecule has 17 heavy (non-hydrogen) atoms. The third-order valence-electron chi connectivity index (χ3n) is 3.03. The highest BCUT2D eigenvalue weighted by Gasteiger charge is 2.22. The Morgan fingerprint density at radius 2 is 2.24 bits per heavy atom. The molecule has 2 rings (SSSR count). The van der Waals surface area contributed by atoms with Gasteiger partial charge >= 0.3 is 0 Å². The maximum absolute atomic E-state index is 11.9. The molecule has 0 radical (unpaired) electrons. The molecule has 4 nitrogen and oxygen atoms in total. The number of para-hydroxylation sites is 1. The van der Waals surface area contributed by atoms with Crippen LogP contribution in [0, 0.1) is 0 Å². The van der Waals surface area contributed by atoms with Crippen molar-refractivity contribution < 1.29 is 10.0 Å². The molecule has 0 bridgehead atoms. The third kappa shape index (κ3) is 2.16. The Balaban J connectivity index is 2.50. The van der Waals surface area contributed by atoms with Gasteiger partial charge in [0.05, 0.1) is 11.4 Å². The molecule has 0 fully saturated rings. The van der Waals surface area contributed by atoms with Crippen molar-refractivity contribution in [3.8, 4) is 0 Å². The maximum atomic E-state index is 11.9. The lowest BCUT2D eigenvalue weighted by molar-refractivity contribution is -0.118. The highest BCUT2D eigenvalue weighted by atomic mass is 16.4. The normalized spacial score (nSPS) is 17.7. The van der Waals surface area contributed by atoms with Gasteiger partial charge in [-0.25, -0.2) is 0 Å². The largest absolute Gasteiger partial charge is 0.411 e. The summed E-state index contributed by atoms with van der Waals surface area (Å²) < 4.78 is 0. The number of fused-ring (bicyclic) bond motifs is 1. The van der Waals surface area contributed by atoms with Crippen molar-refractivity contribution in [2.75, 3.05) is 11.4 Å². The Morgan fingerprint density at radius 1 is 1.47 bits per heavy atom. The smallest absolute Gasteiger partial charge is 0.226 e. The average molecular weight is 232 g/mol. The Morgan fingerprint density at radius 3 is 2.94 bits per heavy atom. The Kier molecular flexibility index (Phi) is 3.42. The van der Waals surface area contributed by atoms with Gasteiger partial charge in [-0.3, -0.25) is 4.79 Å². The van der Waals surface area contributed by atoms with E-state index in [0.717, 1.165) is 17.7 Å². The molecule has 1 amide bonds. The first kappa shape index (κ1) is 11.6. The lowest BCUT2D eigenvalue weighted by Gasteiger charge is -2.21. The van der Waals surface area contributed by atoms with Crippen molar-refractivity contribution in [3.63, 3.8) is 0 Å². The molecule has 0 unspecified atom stereocenters. The molecule has 0 saturated heterocycles. The van der Waals surface area contributed by atoms with E-state index in [1.54, 1.807) is 4.90 Å². The maximum Gasteiger partial charge on any atom is 0.226 e. The first-order chi connectivity index (χ1) is 8.27. The van der Waals surface area contributed by atoms with Crippen molar-refractivity contribution in [1.29, 1.82) is 0 Å². The lowest BCUT2D eigenvalue weighted by Crippen LogP contribution is -2.30. The Labute approximate surface area is 101 Å². The minimum absolute atomic E-state index is 0.108. The summed E-state index contributed by atoms with van der Waals surface area (Å²) in [6.45, 7) is 2.54. The van der Waals surface area contributed by atoms with Crippen LogP contribution < -0.4 is 4.90 Å². The summed E-state index contributed by atoms with van der Waals surface area (Å²) in [5.41, 5.74) is 2.37. The number of benzene rings is 1. The second-order valence-electron chi connectivity index (χ2n) is 4.07. The molecule has 0 atom stereocenters. The predicted molar refractivity (Wildman–Crippen MR) is 66.6 cm³/mol. The minimum atomic E-state index is 0.108. The predicted octanol–water partition coefficient (Wildman–Crippen LogP) is 2.40. The van der Waals surface area contributed by atoms with E-state index in [9.17, 15) is 4.79 Å². The fourth-order valence-electron chi connectivity index (χ4n) is 2.17. The number of hydrogen-bond donors (Lipinski definition) is 1. The summed E-state index contributed by atoms with van der Waals surface area (Å²) in [6, 6.07) is 7.59. The van der Waals surface area contributed by atoms with Gasteiger partial charge in [-0.2, -0.15) is 0 Å². The fraction of sp³-hybridized carbons (Fsp3) is 0.385. The van der Waals surface area contributed by atoms with Gasteiger partial charge in [-0.05, 0) is 18.9 Å². The van der Waals surface area contributed by atoms with Gasteiger partial charge in [0.25, 0.3) is 0 Å². The molecule has 1 N–H and O–H groups in total. The summed E-state index contributed by atoms with van der Waals surface area (Å²) in [4.78, 5) is 13.7. The quantitative estimate of drug-likeness (QED) is 0.597. The molecule has 0 aromatic heterocycles. The van der Waals surface area contributed by atoms with E-state index < -0.39 is 0 Å². The van der Waals surface area contributed by atoms with Gasteiger partial charge in [-0.1, -0.05) is 30.3 Å². The number of amides is 1. The van der Waals surface area contributed by atoms with Gasteiger partial charge < -0.3 is 10.1 Å². The van der Waals surface area contributed by atoms with E-state index in [-0.39, 0.29) is 5.91 Å². The molecular weight excluding hydrogens is 216 g/mol. The standard InChI is InChI=1S/C13H16N2O2/c1-2-13(16)15-9-5-7-11(14-17)10-6-3-4-8-12(10)15/h3-4,6,8,17H,2,5,7,9H2,1H3/b14-11-. The zero-order valence-electron chi connectivity index (χ0n) is 9.89. The average Bonchev–Trinajstić information content (AvgIpc) is 2.57. The molecule has 90 valence electrons. The number of nitrogens with zero attached hydrogens (tertiary/aromatic N) is 2. The summed E-state index contributed by atoms with van der Waals surface area (Å²) in [5, 5.41) is 12.4. The van der Waals surface area contributed by atoms with Crippen LogP contribution in [0.2, 0.25) is 0 Å². The van der Waals surface area contributed by atoms with Crippen LogP contribution in [0.4, 0.5) is 5.69 Å². The van der Waals surface area contributed by atoms with E-state index in [0.29, 0.717) is 25.1 Å². The number of anilines is 1. The highest BCUT2D eigenvalue weighted by Crippen LogP contribution is 2.27. The number of rotatable bonds is 1. The van der Waals surface area contributed by atoms with E-state index in [1.165, 1.54) is 0 Å². The Bertz CT molecular complexity index is 454. The molecule has 1 aromatic carbocycles. The van der Waals surface area contributed by atoms with Crippen molar-refractivity contribution >= 4 is 17.3 Å². The third-order valence-corrected chi connectivity index (χ3v) is 3.03. The van der Waals surface area contributed by atoms with Crippen molar-refractivity contribution in [2.24, 2.45) is 5.16 Å². The second kappa shape index (κ2) is 4.99. The van der Waals surface area contributed by atoms with Crippen LogP contribution in [-0.2, 0) is 4.79 Å². The zero-order chi connectivity index (χ0) is 12.3. The van der Waals surface area contributed by atoms with Crippen LogP contribution in [0.3, 0.4) is 0 Å². The van der Waals surface area contributed by atoms with Crippen LogP contribution >= 0.6 is 0 Å². The van der Waals surface area contributed by atoms with Crippen molar-refractivity contribution in [1.82, 2.24) is 0 Å². The van der Waals surface area contributed by atoms with Crippen LogP contribution in [0.5, 0.6) is 0 Å². The Hall–Kier alpha value is -1.84. The molecule has 0 spiro atoms. The number of carbonyl (C=O) groups excluding carboxylic acids is 1. The SMILES string of the molecule is CCC(=O)N1CCC/C(=N/O)c2ccccc21. The highest BCUT2D eigenvalue weighted by molar-refractivity contribution is 6.09. The van der Waals surface area contributed by atoms with Crippen LogP contribution in [0.1, 0.15) is 31.7 Å². The summed E-state index contributed by atoms with van der Waals surface area (Å²) in [7, 11) is 0.